The van der Waals surface area contributed by atoms with E-state index >= 15 is 0 Å². The number of carbonyl (C=O) groups excluding carboxylic acids is 1. The van der Waals surface area contributed by atoms with Crippen molar-refractivity contribution >= 4 is 11.8 Å². The summed E-state index contributed by atoms with van der Waals surface area (Å²) >= 11 is 0. The van der Waals surface area contributed by atoms with Gasteiger partial charge in [0, 0.05) is 18.0 Å². The maximum Gasteiger partial charge on any atom is 0.412 e. The van der Waals surface area contributed by atoms with Crippen LogP contribution in [-0.2, 0) is 9.47 Å². The number of rotatable bonds is 4. The number of carbonyl (C=O) groups is 1. The lowest BCUT2D eigenvalue weighted by atomic mass is 10.1. The number of hydrogen-bond acceptors (Lipinski definition) is 7. The van der Waals surface area contributed by atoms with Crippen LogP contribution in [0, 0.1) is 0 Å². The van der Waals surface area contributed by atoms with Gasteiger partial charge in [0.1, 0.15) is 12.2 Å². The first-order chi connectivity index (χ1) is 12.5. The van der Waals surface area contributed by atoms with E-state index in [2.05, 4.69) is 5.32 Å². The zero-order valence-corrected chi connectivity index (χ0v) is 13.4. The molecule has 2 heterocycles. The molecule has 1 amide bonds. The fourth-order valence-electron chi connectivity index (χ4n) is 2.64. The van der Waals surface area contributed by atoms with Gasteiger partial charge in [0.05, 0.1) is 6.61 Å². The maximum absolute atomic E-state index is 12.1. The number of nitrogens with one attached hydrogen (secondary N) is 2. The molecule has 1 aliphatic heterocycles. The first-order valence-electron chi connectivity index (χ1n) is 7.78. The minimum Gasteiger partial charge on any atom is -0.438 e. The summed E-state index contributed by atoms with van der Waals surface area (Å²) in [5, 5.41) is 22.1. The minimum absolute atomic E-state index is 0.474. The molecule has 138 valence electrons. The van der Waals surface area contributed by atoms with Crippen molar-refractivity contribution < 1.29 is 24.5 Å². The van der Waals surface area contributed by atoms with Crippen molar-refractivity contribution in [3.8, 4) is 0 Å². The molecule has 26 heavy (non-hydrogen) atoms. The van der Waals surface area contributed by atoms with Crippen LogP contribution in [0.3, 0.4) is 0 Å². The zero-order chi connectivity index (χ0) is 18.7. The molecule has 1 aromatic heterocycles. The third-order valence-electron chi connectivity index (χ3n) is 3.88. The molecule has 1 saturated heterocycles. The number of ether oxygens (including phenoxy) is 2. The first kappa shape index (κ1) is 17.9. The van der Waals surface area contributed by atoms with Crippen LogP contribution in [0.5, 0.6) is 0 Å². The highest BCUT2D eigenvalue weighted by molar-refractivity contribution is 5.84. The summed E-state index contributed by atoms with van der Waals surface area (Å²) in [5.74, 6) is 0. The number of anilines is 1. The third kappa shape index (κ3) is 3.67. The van der Waals surface area contributed by atoms with E-state index in [0.29, 0.717) is 5.69 Å². The van der Waals surface area contributed by atoms with E-state index in [1.54, 1.807) is 30.3 Å². The lowest BCUT2D eigenvalue weighted by Crippen LogP contribution is -2.41. The van der Waals surface area contributed by atoms with Crippen LogP contribution < -0.4 is 16.6 Å². The molecule has 0 bridgehead atoms. The van der Waals surface area contributed by atoms with Crippen molar-refractivity contribution in [1.82, 2.24) is 9.55 Å². The summed E-state index contributed by atoms with van der Waals surface area (Å²) in [6.07, 6.45) is -4.64. The van der Waals surface area contributed by atoms with Crippen molar-refractivity contribution in [2.75, 3.05) is 11.9 Å². The van der Waals surface area contributed by atoms with Crippen molar-refractivity contribution in [2.45, 2.75) is 24.5 Å². The van der Waals surface area contributed by atoms with E-state index < -0.39 is 48.5 Å². The van der Waals surface area contributed by atoms with Crippen LogP contribution in [0.1, 0.15) is 6.23 Å². The molecule has 0 radical (unpaired) electrons. The number of amides is 1. The second kappa shape index (κ2) is 7.52. The molecule has 0 saturated carbocycles. The largest absolute Gasteiger partial charge is 0.438 e. The Balaban J connectivity index is 1.82. The lowest BCUT2D eigenvalue weighted by Gasteiger charge is -2.22. The lowest BCUT2D eigenvalue weighted by molar-refractivity contribution is -0.0559. The molecule has 0 spiro atoms. The van der Waals surface area contributed by atoms with E-state index in [-0.39, 0.29) is 0 Å². The Bertz CT molecular complexity index is 879. The molecular formula is C16H17N3O7. The van der Waals surface area contributed by atoms with Crippen LogP contribution in [0.2, 0.25) is 0 Å². The Kier molecular flexibility index (Phi) is 5.16. The number of aromatic amines is 1. The third-order valence-corrected chi connectivity index (χ3v) is 3.88. The summed E-state index contributed by atoms with van der Waals surface area (Å²) in [7, 11) is 0. The number of aliphatic hydroxyl groups excluding tert-OH is 2. The van der Waals surface area contributed by atoms with Crippen LogP contribution in [0.25, 0.3) is 0 Å². The van der Waals surface area contributed by atoms with Gasteiger partial charge in [0.2, 0.25) is 0 Å². The van der Waals surface area contributed by atoms with Gasteiger partial charge in [-0.25, -0.2) is 9.59 Å². The first-order valence-corrected chi connectivity index (χ1v) is 7.78. The number of aromatic nitrogens is 2. The number of aliphatic hydroxyl groups is 2. The summed E-state index contributed by atoms with van der Waals surface area (Å²) in [5.41, 5.74) is -0.935. The number of nitrogens with zero attached hydrogens (tertiary/aromatic N) is 1. The highest BCUT2D eigenvalue weighted by Gasteiger charge is 2.47. The molecule has 0 unspecified atom stereocenters. The van der Waals surface area contributed by atoms with Gasteiger partial charge in [-0.15, -0.1) is 0 Å². The maximum atomic E-state index is 12.1. The fourth-order valence-corrected chi connectivity index (χ4v) is 2.64. The van der Waals surface area contributed by atoms with Gasteiger partial charge < -0.3 is 19.7 Å². The Morgan fingerprint density at radius 2 is 2.00 bits per heavy atom. The highest BCUT2D eigenvalue weighted by atomic mass is 16.6. The molecule has 1 aliphatic rings. The zero-order valence-electron chi connectivity index (χ0n) is 13.4. The smallest absolute Gasteiger partial charge is 0.412 e. The summed E-state index contributed by atoms with van der Waals surface area (Å²) < 4.78 is 11.6. The molecule has 1 fully saturated rings. The average Bonchev–Trinajstić information content (AvgIpc) is 2.92. The van der Waals surface area contributed by atoms with E-state index in [1.165, 1.54) is 0 Å². The topological polar surface area (TPSA) is 143 Å². The Labute approximate surface area is 146 Å². The van der Waals surface area contributed by atoms with Gasteiger partial charge in [0.15, 0.2) is 12.3 Å². The van der Waals surface area contributed by atoms with Crippen LogP contribution in [0.4, 0.5) is 10.5 Å². The second-order valence-corrected chi connectivity index (χ2v) is 5.62. The van der Waals surface area contributed by atoms with Gasteiger partial charge in [-0.05, 0) is 12.1 Å². The van der Waals surface area contributed by atoms with Gasteiger partial charge in [-0.1, -0.05) is 18.2 Å². The van der Waals surface area contributed by atoms with Crippen molar-refractivity contribution in [2.24, 2.45) is 0 Å². The molecule has 10 heteroatoms. The monoisotopic (exact) mass is 363 g/mol. The SMILES string of the molecule is O=C(Nc1ccccc1)O[C@@H]1[C@H](O)[C@@H](CO)O[C@H]1n1ccc(=O)[nH]c1=O. The quantitative estimate of drug-likeness (QED) is 0.568. The standard InChI is InChI=1S/C16H17N3O7/c20-8-10-12(22)13(26-16(24)17-9-4-2-1-3-5-9)14(25-10)19-7-6-11(21)18-15(19)23/h1-7,10,12-14,20,22H,8H2,(H,17,24)(H,18,21,23)/t10-,12-,13-,14-/m1/s1. The summed E-state index contributed by atoms with van der Waals surface area (Å²) in [6.45, 7) is -0.546. The molecule has 0 aliphatic carbocycles. The number of benzene rings is 1. The molecule has 4 atom stereocenters. The minimum atomic E-state index is -1.37. The molecule has 10 nitrogen and oxygen atoms in total. The molecule has 3 rings (SSSR count). The average molecular weight is 363 g/mol. The van der Waals surface area contributed by atoms with Crippen LogP contribution in [0.15, 0.2) is 52.2 Å². The molecule has 4 N–H and O–H groups in total. The van der Waals surface area contributed by atoms with Gasteiger partial charge >= 0.3 is 11.8 Å². The number of para-hydroxylation sites is 1. The van der Waals surface area contributed by atoms with E-state index in [4.69, 9.17) is 9.47 Å². The van der Waals surface area contributed by atoms with Gasteiger partial charge in [-0.2, -0.15) is 0 Å². The van der Waals surface area contributed by atoms with E-state index in [1.807, 2.05) is 4.98 Å². The fraction of sp³-hybridized carbons (Fsp3) is 0.312. The van der Waals surface area contributed by atoms with Crippen molar-refractivity contribution in [3.63, 3.8) is 0 Å². The number of H-pyrrole nitrogens is 1. The van der Waals surface area contributed by atoms with E-state index in [0.717, 1.165) is 16.8 Å². The summed E-state index contributed by atoms with van der Waals surface area (Å²) in [6, 6.07) is 9.58. The molecular weight excluding hydrogens is 346 g/mol. The van der Waals surface area contributed by atoms with E-state index in [9.17, 15) is 24.6 Å². The second-order valence-electron chi connectivity index (χ2n) is 5.62. The van der Waals surface area contributed by atoms with Crippen molar-refractivity contribution in [3.05, 3.63) is 63.4 Å². The van der Waals surface area contributed by atoms with Crippen LogP contribution >= 0.6 is 0 Å². The van der Waals surface area contributed by atoms with Gasteiger partial charge in [0.25, 0.3) is 5.56 Å². The van der Waals surface area contributed by atoms with Crippen molar-refractivity contribution in [1.29, 1.82) is 0 Å². The normalized spacial score (nSPS) is 25.0. The van der Waals surface area contributed by atoms with Gasteiger partial charge in [-0.3, -0.25) is 19.7 Å². The summed E-state index contributed by atoms with van der Waals surface area (Å²) in [4.78, 5) is 37.4. The highest BCUT2D eigenvalue weighted by Crippen LogP contribution is 2.30. The predicted octanol–water partition coefficient (Wildman–Crippen LogP) is -0.596. The molecule has 2 aromatic rings. The number of hydrogen-bond donors (Lipinski definition) is 4. The predicted molar refractivity (Wildman–Crippen MR) is 88.7 cm³/mol. The van der Waals surface area contributed by atoms with Crippen LogP contribution in [-0.4, -0.2) is 50.8 Å². The Morgan fingerprint density at radius 3 is 2.65 bits per heavy atom. The Hall–Kier alpha value is -2.95. The molecule has 1 aromatic carbocycles. The Morgan fingerprint density at radius 1 is 1.27 bits per heavy atom.